The van der Waals surface area contributed by atoms with Crippen molar-refractivity contribution >= 4 is 11.8 Å². The highest BCUT2D eigenvalue weighted by atomic mass is 32.2. The molecule has 1 N–H and O–H groups in total. The topological polar surface area (TPSA) is 12.0 Å². The minimum Gasteiger partial charge on any atom is -0.309 e. The first-order valence-electron chi connectivity index (χ1n) is 7.54. The van der Waals surface area contributed by atoms with Gasteiger partial charge in [-0.15, -0.1) is 11.8 Å². The normalized spacial score (nSPS) is 12.6. The van der Waals surface area contributed by atoms with E-state index >= 15 is 0 Å². The van der Waals surface area contributed by atoms with Crippen molar-refractivity contribution in [1.29, 1.82) is 0 Å². The molecule has 0 heterocycles. The second kappa shape index (κ2) is 7.67. The van der Waals surface area contributed by atoms with Gasteiger partial charge in [0.15, 0.2) is 0 Å². The zero-order valence-corrected chi connectivity index (χ0v) is 14.2. The highest BCUT2D eigenvalue weighted by Gasteiger charge is 2.12. The monoisotopic (exact) mass is 299 g/mol. The van der Waals surface area contributed by atoms with E-state index in [-0.39, 0.29) is 6.04 Å². The van der Waals surface area contributed by atoms with Crippen LogP contribution in [0.2, 0.25) is 0 Å². The Morgan fingerprint density at radius 1 is 1.00 bits per heavy atom. The van der Waals surface area contributed by atoms with Crippen molar-refractivity contribution in [3.05, 3.63) is 65.2 Å². The van der Waals surface area contributed by atoms with Gasteiger partial charge in [-0.1, -0.05) is 50.2 Å². The summed E-state index contributed by atoms with van der Waals surface area (Å²) in [5.74, 6) is 0.689. The van der Waals surface area contributed by atoms with Gasteiger partial charge < -0.3 is 5.32 Å². The van der Waals surface area contributed by atoms with Crippen LogP contribution in [0.4, 0.5) is 0 Å². The summed E-state index contributed by atoms with van der Waals surface area (Å²) in [6.45, 7) is 4.53. The van der Waals surface area contributed by atoms with E-state index in [0.717, 1.165) is 6.42 Å². The lowest BCUT2D eigenvalue weighted by molar-refractivity contribution is 0.643. The first kappa shape index (κ1) is 16.1. The van der Waals surface area contributed by atoms with Gasteiger partial charge in [-0.3, -0.25) is 0 Å². The highest BCUT2D eigenvalue weighted by molar-refractivity contribution is 7.98. The minimum absolute atomic E-state index is 0.257. The largest absolute Gasteiger partial charge is 0.309 e. The first-order valence-corrected chi connectivity index (χ1v) is 8.76. The number of nitrogens with one attached hydrogen (secondary N) is 1. The molecule has 2 aromatic rings. The van der Waals surface area contributed by atoms with Gasteiger partial charge in [0, 0.05) is 4.90 Å². The first-order chi connectivity index (χ1) is 10.1. The van der Waals surface area contributed by atoms with Crippen molar-refractivity contribution in [2.24, 2.45) is 5.92 Å². The number of hydrogen-bond donors (Lipinski definition) is 1. The number of hydrogen-bond acceptors (Lipinski definition) is 2. The molecule has 0 aliphatic heterocycles. The Labute approximate surface area is 133 Å². The predicted molar refractivity (Wildman–Crippen MR) is 94.1 cm³/mol. The molecule has 1 unspecified atom stereocenters. The fraction of sp³-hybridized carbons (Fsp3) is 0.368. The summed E-state index contributed by atoms with van der Waals surface area (Å²) in [4.78, 5) is 1.31. The van der Waals surface area contributed by atoms with Crippen molar-refractivity contribution in [3.63, 3.8) is 0 Å². The molecule has 112 valence electrons. The molecule has 0 aliphatic carbocycles. The molecule has 0 radical (unpaired) electrons. The van der Waals surface area contributed by atoms with Crippen LogP contribution < -0.4 is 5.32 Å². The van der Waals surface area contributed by atoms with Crippen LogP contribution in [0.1, 0.15) is 36.6 Å². The molecular weight excluding hydrogens is 274 g/mol. The molecule has 0 saturated heterocycles. The zero-order valence-electron chi connectivity index (χ0n) is 13.4. The van der Waals surface area contributed by atoms with E-state index in [0.29, 0.717) is 5.92 Å². The summed E-state index contributed by atoms with van der Waals surface area (Å²) in [6.07, 6.45) is 3.25. The fourth-order valence-corrected chi connectivity index (χ4v) is 3.10. The zero-order chi connectivity index (χ0) is 15.2. The maximum atomic E-state index is 3.45. The second-order valence-electron chi connectivity index (χ2n) is 5.84. The molecule has 0 saturated carbocycles. The summed E-state index contributed by atoms with van der Waals surface area (Å²) < 4.78 is 0. The van der Waals surface area contributed by atoms with Crippen molar-refractivity contribution in [2.75, 3.05) is 13.3 Å². The van der Waals surface area contributed by atoms with Gasteiger partial charge in [-0.05, 0) is 54.5 Å². The van der Waals surface area contributed by atoms with Crippen LogP contribution >= 0.6 is 11.8 Å². The van der Waals surface area contributed by atoms with Gasteiger partial charge in [0.05, 0.1) is 6.04 Å². The minimum atomic E-state index is 0.257. The molecule has 0 amide bonds. The lowest BCUT2D eigenvalue weighted by Crippen LogP contribution is -2.17. The summed E-state index contributed by atoms with van der Waals surface area (Å²) in [7, 11) is 2.03. The summed E-state index contributed by atoms with van der Waals surface area (Å²) in [5.41, 5.74) is 4.08. The van der Waals surface area contributed by atoms with E-state index in [1.165, 1.54) is 21.6 Å². The molecule has 21 heavy (non-hydrogen) atoms. The van der Waals surface area contributed by atoms with E-state index in [1.54, 1.807) is 11.8 Å². The maximum absolute atomic E-state index is 3.45. The third-order valence-corrected chi connectivity index (χ3v) is 4.41. The molecule has 1 atom stereocenters. The van der Waals surface area contributed by atoms with Gasteiger partial charge in [0.25, 0.3) is 0 Å². The van der Waals surface area contributed by atoms with Crippen molar-refractivity contribution in [2.45, 2.75) is 31.2 Å². The van der Waals surface area contributed by atoms with Crippen LogP contribution in [0.25, 0.3) is 0 Å². The smallest absolute Gasteiger partial charge is 0.0574 e. The molecule has 2 aromatic carbocycles. The van der Waals surface area contributed by atoms with Gasteiger partial charge in [0.2, 0.25) is 0 Å². The highest BCUT2D eigenvalue weighted by Crippen LogP contribution is 2.25. The number of rotatable bonds is 6. The van der Waals surface area contributed by atoms with Crippen LogP contribution in [0.15, 0.2) is 53.4 Å². The van der Waals surface area contributed by atoms with Crippen molar-refractivity contribution in [3.8, 4) is 0 Å². The van der Waals surface area contributed by atoms with Crippen molar-refractivity contribution < 1.29 is 0 Å². The lowest BCUT2D eigenvalue weighted by Gasteiger charge is -2.19. The Hall–Kier alpha value is -1.25. The molecule has 2 heteroatoms. The third-order valence-electron chi connectivity index (χ3n) is 3.67. The standard InChI is InChI=1S/C19H25NS/c1-14(2)12-15-6-5-7-17(13-15)19(20-3)16-8-10-18(21-4)11-9-16/h5-11,13-14,19-20H,12H2,1-4H3. The fourth-order valence-electron chi connectivity index (χ4n) is 2.69. The van der Waals surface area contributed by atoms with Gasteiger partial charge >= 0.3 is 0 Å². The van der Waals surface area contributed by atoms with E-state index in [2.05, 4.69) is 74.0 Å². The molecule has 0 aromatic heterocycles. The van der Waals surface area contributed by atoms with E-state index in [1.807, 2.05) is 7.05 Å². The number of benzene rings is 2. The Balaban J connectivity index is 2.27. The molecule has 0 spiro atoms. The van der Waals surface area contributed by atoms with E-state index in [9.17, 15) is 0 Å². The second-order valence-corrected chi connectivity index (χ2v) is 6.72. The summed E-state index contributed by atoms with van der Waals surface area (Å²) >= 11 is 1.78. The third kappa shape index (κ3) is 4.36. The Morgan fingerprint density at radius 2 is 1.71 bits per heavy atom. The van der Waals surface area contributed by atoms with Gasteiger partial charge in [-0.25, -0.2) is 0 Å². The van der Waals surface area contributed by atoms with Crippen LogP contribution in [-0.2, 0) is 6.42 Å². The number of thioether (sulfide) groups is 1. The van der Waals surface area contributed by atoms with Crippen LogP contribution in [0.5, 0.6) is 0 Å². The van der Waals surface area contributed by atoms with E-state index < -0.39 is 0 Å². The summed E-state index contributed by atoms with van der Waals surface area (Å²) in [5, 5.41) is 3.45. The average Bonchev–Trinajstić information content (AvgIpc) is 2.48. The molecule has 0 bridgehead atoms. The van der Waals surface area contributed by atoms with Gasteiger partial charge in [-0.2, -0.15) is 0 Å². The molecule has 0 aliphatic rings. The molecular formula is C19H25NS. The SMILES string of the molecule is CNC(c1ccc(SC)cc1)c1cccc(CC(C)C)c1. The van der Waals surface area contributed by atoms with Gasteiger partial charge in [0.1, 0.15) is 0 Å². The Bertz CT molecular complexity index is 560. The Kier molecular flexibility index (Phi) is 5.89. The summed E-state index contributed by atoms with van der Waals surface area (Å²) in [6, 6.07) is 18.1. The van der Waals surface area contributed by atoms with E-state index in [4.69, 9.17) is 0 Å². The van der Waals surface area contributed by atoms with Crippen LogP contribution in [0, 0.1) is 5.92 Å². The lowest BCUT2D eigenvalue weighted by atomic mass is 9.95. The Morgan fingerprint density at radius 3 is 2.29 bits per heavy atom. The molecule has 1 nitrogen and oxygen atoms in total. The quantitative estimate of drug-likeness (QED) is 0.760. The van der Waals surface area contributed by atoms with Crippen LogP contribution in [0.3, 0.4) is 0 Å². The van der Waals surface area contributed by atoms with Crippen LogP contribution in [-0.4, -0.2) is 13.3 Å². The van der Waals surface area contributed by atoms with Crippen molar-refractivity contribution in [1.82, 2.24) is 5.32 Å². The molecule has 0 fully saturated rings. The maximum Gasteiger partial charge on any atom is 0.0574 e. The predicted octanol–water partition coefficient (Wildman–Crippen LogP) is 4.92. The molecule has 2 rings (SSSR count). The average molecular weight is 299 g/mol.